The fourth-order valence-electron chi connectivity index (χ4n) is 2.64. The first kappa shape index (κ1) is 19.9. The molecule has 0 fully saturated rings. The number of hydrogen-bond acceptors (Lipinski definition) is 6. The number of aryl methyl sites for hydroxylation is 1. The predicted molar refractivity (Wildman–Crippen MR) is 116 cm³/mol. The Morgan fingerprint density at radius 2 is 1.66 bits per heavy atom. The third-order valence-corrected chi connectivity index (χ3v) is 4.05. The van der Waals surface area contributed by atoms with Crippen molar-refractivity contribution in [2.24, 2.45) is 0 Å². The molecule has 0 saturated heterocycles. The fourth-order valence-corrected chi connectivity index (χ4v) is 2.64. The van der Waals surface area contributed by atoms with Crippen LogP contribution in [0.5, 0.6) is 5.75 Å². The van der Waals surface area contributed by atoms with Crippen LogP contribution in [0, 0.1) is 6.92 Å². The summed E-state index contributed by atoms with van der Waals surface area (Å²) < 4.78 is 5.23. The molecule has 0 aliphatic rings. The number of aromatic nitrogens is 2. The lowest BCUT2D eigenvalue weighted by Gasteiger charge is -2.14. The van der Waals surface area contributed by atoms with Gasteiger partial charge < -0.3 is 25.6 Å². The summed E-state index contributed by atoms with van der Waals surface area (Å²) in [7, 11) is 5.42. The molecule has 0 atom stereocenters. The first-order valence-corrected chi connectivity index (χ1v) is 9.06. The number of urea groups is 1. The van der Waals surface area contributed by atoms with E-state index in [9.17, 15) is 4.79 Å². The molecule has 8 nitrogen and oxygen atoms in total. The lowest BCUT2D eigenvalue weighted by atomic mass is 10.2. The normalized spacial score (nSPS) is 10.2. The van der Waals surface area contributed by atoms with Gasteiger partial charge in [-0.15, -0.1) is 0 Å². The molecule has 2 aromatic carbocycles. The number of amides is 2. The smallest absolute Gasteiger partial charge is 0.323 e. The molecule has 3 rings (SSSR count). The van der Waals surface area contributed by atoms with Crippen LogP contribution in [0.4, 0.5) is 33.6 Å². The van der Waals surface area contributed by atoms with Crippen LogP contribution in [0.1, 0.15) is 5.69 Å². The van der Waals surface area contributed by atoms with Crippen LogP contribution in [0.25, 0.3) is 0 Å². The van der Waals surface area contributed by atoms with Gasteiger partial charge in [0.1, 0.15) is 11.6 Å². The second-order valence-corrected chi connectivity index (χ2v) is 6.57. The van der Waals surface area contributed by atoms with E-state index in [4.69, 9.17) is 4.74 Å². The van der Waals surface area contributed by atoms with Gasteiger partial charge in [0.15, 0.2) is 0 Å². The highest BCUT2D eigenvalue weighted by Gasteiger charge is 2.08. The van der Waals surface area contributed by atoms with Gasteiger partial charge in [-0.3, -0.25) is 0 Å². The van der Waals surface area contributed by atoms with E-state index in [0.717, 1.165) is 17.2 Å². The number of nitrogens with zero attached hydrogens (tertiary/aromatic N) is 3. The maximum atomic E-state index is 12.2. The van der Waals surface area contributed by atoms with Crippen LogP contribution < -0.4 is 25.6 Å². The average Bonchev–Trinajstić information content (AvgIpc) is 2.69. The molecule has 0 aliphatic carbocycles. The molecule has 0 aliphatic heterocycles. The summed E-state index contributed by atoms with van der Waals surface area (Å²) in [5.74, 6) is 1.94. The zero-order chi connectivity index (χ0) is 20.8. The van der Waals surface area contributed by atoms with E-state index >= 15 is 0 Å². The third kappa shape index (κ3) is 5.35. The highest BCUT2D eigenvalue weighted by Crippen LogP contribution is 2.23. The molecule has 0 unspecified atom stereocenters. The summed E-state index contributed by atoms with van der Waals surface area (Å²) in [6.45, 7) is 1.92. The van der Waals surface area contributed by atoms with Gasteiger partial charge in [0.05, 0.1) is 12.8 Å². The topological polar surface area (TPSA) is 91.4 Å². The van der Waals surface area contributed by atoms with Crippen LogP contribution in [-0.4, -0.2) is 37.2 Å². The molecular weight excluding hydrogens is 368 g/mol. The predicted octanol–water partition coefficient (Wildman–Crippen LogP) is 4.25. The second kappa shape index (κ2) is 8.92. The molecule has 3 aromatic rings. The third-order valence-electron chi connectivity index (χ3n) is 4.05. The number of benzene rings is 2. The standard InChI is InChI=1S/C21H24N6O2/c1-14-13-19(27(2)3)26-20(22-14)23-15-9-11-16(12-10-15)24-21(28)25-17-7-5-6-8-18(17)29-4/h5-13H,1-4H3,(H,22,23,26)(H2,24,25,28). The van der Waals surface area contributed by atoms with Crippen LogP contribution >= 0.6 is 0 Å². The number of anilines is 5. The molecule has 0 spiro atoms. The van der Waals surface area contributed by atoms with Crippen LogP contribution in [0.15, 0.2) is 54.6 Å². The van der Waals surface area contributed by atoms with Gasteiger partial charge in [0, 0.05) is 37.2 Å². The van der Waals surface area contributed by atoms with Gasteiger partial charge in [-0.2, -0.15) is 4.98 Å². The Morgan fingerprint density at radius 3 is 2.34 bits per heavy atom. The Balaban J connectivity index is 1.64. The van der Waals surface area contributed by atoms with Gasteiger partial charge in [0.2, 0.25) is 5.95 Å². The summed E-state index contributed by atoms with van der Waals surface area (Å²) in [4.78, 5) is 23.0. The average molecular weight is 392 g/mol. The van der Waals surface area contributed by atoms with Gasteiger partial charge in [-0.25, -0.2) is 9.78 Å². The van der Waals surface area contributed by atoms with Crippen molar-refractivity contribution in [3.63, 3.8) is 0 Å². The van der Waals surface area contributed by atoms with Crippen molar-refractivity contribution in [1.29, 1.82) is 0 Å². The van der Waals surface area contributed by atoms with E-state index < -0.39 is 0 Å². The molecule has 0 saturated carbocycles. The lowest BCUT2D eigenvalue weighted by Crippen LogP contribution is -2.19. The van der Waals surface area contributed by atoms with Gasteiger partial charge in [-0.1, -0.05) is 12.1 Å². The molecule has 1 aromatic heterocycles. The zero-order valence-corrected chi connectivity index (χ0v) is 16.9. The first-order chi connectivity index (χ1) is 13.9. The van der Waals surface area contributed by atoms with Gasteiger partial charge in [-0.05, 0) is 43.3 Å². The number of carbonyl (C=O) groups excluding carboxylic acids is 1. The quantitative estimate of drug-likeness (QED) is 0.581. The number of ether oxygens (including phenoxy) is 1. The van der Waals surface area contributed by atoms with Crippen LogP contribution in [0.2, 0.25) is 0 Å². The van der Waals surface area contributed by atoms with Crippen molar-refractivity contribution < 1.29 is 9.53 Å². The number of rotatable bonds is 6. The van der Waals surface area contributed by atoms with E-state index in [2.05, 4.69) is 25.9 Å². The molecule has 3 N–H and O–H groups in total. The number of carbonyl (C=O) groups is 1. The number of hydrogen-bond donors (Lipinski definition) is 3. The van der Waals surface area contributed by atoms with E-state index in [0.29, 0.717) is 23.1 Å². The molecule has 2 amide bonds. The fraction of sp³-hybridized carbons (Fsp3) is 0.190. The Bertz CT molecular complexity index is 989. The summed E-state index contributed by atoms with van der Waals surface area (Å²) in [5.41, 5.74) is 2.94. The summed E-state index contributed by atoms with van der Waals surface area (Å²) in [6, 6.07) is 16.1. The van der Waals surface area contributed by atoms with Crippen molar-refractivity contribution >= 4 is 34.9 Å². The highest BCUT2D eigenvalue weighted by molar-refractivity contribution is 6.00. The van der Waals surface area contributed by atoms with Gasteiger partial charge in [0.25, 0.3) is 0 Å². The molecule has 0 bridgehead atoms. The summed E-state index contributed by atoms with van der Waals surface area (Å²) >= 11 is 0. The number of nitrogens with one attached hydrogen (secondary N) is 3. The lowest BCUT2D eigenvalue weighted by molar-refractivity contribution is 0.262. The maximum absolute atomic E-state index is 12.2. The first-order valence-electron chi connectivity index (χ1n) is 9.06. The molecule has 0 radical (unpaired) electrons. The summed E-state index contributed by atoms with van der Waals surface area (Å²) in [5, 5.41) is 8.75. The van der Waals surface area contributed by atoms with Crippen molar-refractivity contribution in [2.75, 3.05) is 42.1 Å². The number of para-hydroxylation sites is 2. The minimum Gasteiger partial charge on any atom is -0.495 e. The van der Waals surface area contributed by atoms with Crippen molar-refractivity contribution in [2.45, 2.75) is 6.92 Å². The second-order valence-electron chi connectivity index (χ2n) is 6.57. The Hall–Kier alpha value is -3.81. The van der Waals surface area contributed by atoms with E-state index in [1.807, 2.05) is 56.3 Å². The molecule has 1 heterocycles. The minimum atomic E-state index is -0.354. The van der Waals surface area contributed by atoms with E-state index in [1.54, 1.807) is 31.4 Å². The van der Waals surface area contributed by atoms with Crippen molar-refractivity contribution in [3.05, 3.63) is 60.3 Å². The highest BCUT2D eigenvalue weighted by atomic mass is 16.5. The van der Waals surface area contributed by atoms with Crippen molar-refractivity contribution in [1.82, 2.24) is 9.97 Å². The SMILES string of the molecule is COc1ccccc1NC(=O)Nc1ccc(Nc2nc(C)cc(N(C)C)n2)cc1. The zero-order valence-electron chi connectivity index (χ0n) is 16.9. The van der Waals surface area contributed by atoms with Crippen LogP contribution in [0.3, 0.4) is 0 Å². The monoisotopic (exact) mass is 392 g/mol. The van der Waals surface area contributed by atoms with Crippen molar-refractivity contribution in [3.8, 4) is 5.75 Å². The molecular formula is C21H24N6O2. The summed E-state index contributed by atoms with van der Waals surface area (Å²) in [6.07, 6.45) is 0. The molecule has 150 valence electrons. The van der Waals surface area contributed by atoms with E-state index in [1.165, 1.54) is 0 Å². The van der Waals surface area contributed by atoms with Gasteiger partial charge >= 0.3 is 6.03 Å². The van der Waals surface area contributed by atoms with Crippen LogP contribution in [-0.2, 0) is 0 Å². The Kier molecular flexibility index (Phi) is 6.13. The largest absolute Gasteiger partial charge is 0.495 e. The number of methoxy groups -OCH3 is 1. The van der Waals surface area contributed by atoms with E-state index in [-0.39, 0.29) is 6.03 Å². The Labute approximate surface area is 169 Å². The Morgan fingerprint density at radius 1 is 0.966 bits per heavy atom. The molecule has 8 heteroatoms. The maximum Gasteiger partial charge on any atom is 0.323 e. The minimum absolute atomic E-state index is 0.354. The molecule has 29 heavy (non-hydrogen) atoms.